The van der Waals surface area contributed by atoms with Crippen LogP contribution in [0.5, 0.6) is 0 Å². The molecule has 0 fully saturated rings. The van der Waals surface area contributed by atoms with Crippen LogP contribution in [0.2, 0.25) is 0 Å². The first-order chi connectivity index (χ1) is 7.09. The van der Waals surface area contributed by atoms with Gasteiger partial charge in [-0.25, -0.2) is 0 Å². The second kappa shape index (κ2) is 4.73. The Kier molecular flexibility index (Phi) is 3.79. The third-order valence-electron chi connectivity index (χ3n) is 2.22. The predicted molar refractivity (Wildman–Crippen MR) is 52.4 cm³/mol. The Hall–Kier alpha value is -1.24. The summed E-state index contributed by atoms with van der Waals surface area (Å²) < 4.78 is 5.44. The van der Waals surface area contributed by atoms with Crippen LogP contribution in [0.1, 0.15) is 35.9 Å². The van der Waals surface area contributed by atoms with Crippen molar-refractivity contribution in [2.24, 2.45) is 0 Å². The van der Waals surface area contributed by atoms with Gasteiger partial charge >= 0.3 is 18.9 Å². The maximum atomic E-state index is 10.8. The molecule has 2 aromatic rings. The summed E-state index contributed by atoms with van der Waals surface area (Å²) in [5, 5.41) is 10.8. The summed E-state index contributed by atoms with van der Waals surface area (Å²) in [5.74, 6) is -0.313. The summed E-state index contributed by atoms with van der Waals surface area (Å²) in [7, 11) is 0. The molecule has 0 aliphatic carbocycles. The van der Waals surface area contributed by atoms with Gasteiger partial charge in [-0.1, -0.05) is 13.8 Å². The topological polar surface area (TPSA) is 66.2 Å². The van der Waals surface area contributed by atoms with Crippen molar-refractivity contribution in [1.29, 1.82) is 0 Å². The predicted octanol–water partition coefficient (Wildman–Crippen LogP) is -1.68. The molecule has 0 aromatic carbocycles. The van der Waals surface area contributed by atoms with Crippen LogP contribution in [0, 0.1) is 0 Å². The number of rotatable bonds is 2. The van der Waals surface area contributed by atoms with E-state index in [1.807, 2.05) is 13.8 Å². The van der Waals surface area contributed by atoms with Gasteiger partial charge in [0.15, 0.2) is 5.58 Å². The van der Waals surface area contributed by atoms with Crippen LogP contribution >= 0.6 is 0 Å². The molecule has 0 aliphatic rings. The fourth-order valence-electron chi connectivity index (χ4n) is 1.40. The molecule has 2 rings (SSSR count). The van der Waals surface area contributed by atoms with E-state index in [1.165, 1.54) is 12.3 Å². The first kappa shape index (κ1) is 12.8. The fourth-order valence-corrected chi connectivity index (χ4v) is 1.40. The van der Waals surface area contributed by atoms with Crippen molar-refractivity contribution < 1.29 is 33.2 Å². The van der Waals surface area contributed by atoms with E-state index in [1.54, 1.807) is 6.07 Å². The zero-order valence-corrected chi connectivity index (χ0v) is 9.48. The van der Waals surface area contributed by atoms with Gasteiger partial charge in [-0.15, -0.1) is 0 Å². The van der Waals surface area contributed by atoms with Crippen LogP contribution < -0.4 is 24.0 Å². The van der Waals surface area contributed by atoms with Crippen molar-refractivity contribution in [3.8, 4) is 0 Å². The smallest absolute Gasteiger partial charge is 0.545 e. The molecule has 0 unspecified atom stereocenters. The molecule has 5 heteroatoms. The zero-order chi connectivity index (χ0) is 11.0. The molecule has 0 bridgehead atoms. The number of carboxylic acids is 1. The van der Waals surface area contributed by atoms with Gasteiger partial charge in [0, 0.05) is 23.7 Å². The minimum absolute atomic E-state index is 0. The second-order valence-corrected chi connectivity index (χ2v) is 3.66. The normalized spacial score (nSPS) is 10.4. The third kappa shape index (κ3) is 2.13. The van der Waals surface area contributed by atoms with E-state index in [0.29, 0.717) is 11.1 Å². The van der Waals surface area contributed by atoms with Crippen molar-refractivity contribution >= 4 is 17.1 Å². The molecule has 4 nitrogen and oxygen atoms in total. The molecule has 0 N–H and O–H groups in total. The van der Waals surface area contributed by atoms with Crippen LogP contribution in [-0.2, 0) is 0 Å². The number of fused-ring (bicyclic) bond motifs is 1. The molecule has 0 radical (unpaired) electrons. The van der Waals surface area contributed by atoms with Gasteiger partial charge < -0.3 is 14.3 Å². The Balaban J connectivity index is 0.00000128. The SMILES string of the molecule is CC(C)c1cc2nccc(C(=O)[O-])c2o1.[Li+]. The number of hydrogen-bond acceptors (Lipinski definition) is 4. The number of furan rings is 1. The van der Waals surface area contributed by atoms with E-state index in [-0.39, 0.29) is 30.3 Å². The summed E-state index contributed by atoms with van der Waals surface area (Å²) >= 11 is 0. The Bertz CT molecular complexity index is 519. The molecule has 78 valence electrons. The zero-order valence-electron chi connectivity index (χ0n) is 9.48. The van der Waals surface area contributed by atoms with Gasteiger partial charge in [-0.05, 0) is 6.07 Å². The molecule has 0 saturated carbocycles. The van der Waals surface area contributed by atoms with Gasteiger partial charge in [0.25, 0.3) is 0 Å². The second-order valence-electron chi connectivity index (χ2n) is 3.66. The molecule has 0 aliphatic heterocycles. The quantitative estimate of drug-likeness (QED) is 0.556. The number of aromatic nitrogens is 1. The minimum atomic E-state index is -1.24. The number of pyridine rings is 1. The van der Waals surface area contributed by atoms with E-state index in [4.69, 9.17) is 4.42 Å². The first-order valence-electron chi connectivity index (χ1n) is 4.69. The van der Waals surface area contributed by atoms with Crippen molar-refractivity contribution in [1.82, 2.24) is 4.98 Å². The minimum Gasteiger partial charge on any atom is -0.545 e. The molecule has 0 atom stereocenters. The number of hydrogen-bond donors (Lipinski definition) is 0. The standard InChI is InChI=1S/C11H11NO3.Li/c1-6(2)9-5-8-10(15-9)7(11(13)14)3-4-12-8;/h3-6H,1-2H3,(H,13,14);/q;+1/p-1. The number of carboxylic acid groups (broad SMARTS) is 1. The van der Waals surface area contributed by atoms with Crippen molar-refractivity contribution in [2.75, 3.05) is 0 Å². The number of carbonyl (C=O) groups is 1. The van der Waals surface area contributed by atoms with Crippen LogP contribution in [-0.4, -0.2) is 11.0 Å². The van der Waals surface area contributed by atoms with Gasteiger partial charge in [0.2, 0.25) is 0 Å². The van der Waals surface area contributed by atoms with Crippen LogP contribution in [0.25, 0.3) is 11.1 Å². The largest absolute Gasteiger partial charge is 1.00 e. The fraction of sp³-hybridized carbons (Fsp3) is 0.273. The van der Waals surface area contributed by atoms with E-state index in [0.717, 1.165) is 5.76 Å². The van der Waals surface area contributed by atoms with Crippen molar-refractivity contribution in [2.45, 2.75) is 19.8 Å². The Morgan fingerprint density at radius 2 is 2.19 bits per heavy atom. The van der Waals surface area contributed by atoms with E-state index >= 15 is 0 Å². The Morgan fingerprint density at radius 1 is 1.50 bits per heavy atom. The van der Waals surface area contributed by atoms with Gasteiger partial charge in [0.05, 0.1) is 5.97 Å². The molecule has 2 aromatic heterocycles. The number of carbonyl (C=O) groups excluding carboxylic acids is 1. The third-order valence-corrected chi connectivity index (χ3v) is 2.22. The van der Waals surface area contributed by atoms with Crippen LogP contribution in [0.15, 0.2) is 22.7 Å². The molecule has 0 saturated heterocycles. The molecule has 2 heterocycles. The maximum Gasteiger partial charge on any atom is 1.00 e. The first-order valence-corrected chi connectivity index (χ1v) is 4.69. The van der Waals surface area contributed by atoms with Crippen molar-refractivity contribution in [3.63, 3.8) is 0 Å². The van der Waals surface area contributed by atoms with E-state index in [9.17, 15) is 9.90 Å². The summed E-state index contributed by atoms with van der Waals surface area (Å²) in [4.78, 5) is 14.8. The number of nitrogens with zero attached hydrogens (tertiary/aromatic N) is 1. The molecular weight excluding hydrogens is 201 g/mol. The van der Waals surface area contributed by atoms with Gasteiger partial charge in [-0.2, -0.15) is 0 Å². The van der Waals surface area contributed by atoms with E-state index < -0.39 is 5.97 Å². The van der Waals surface area contributed by atoms with E-state index in [2.05, 4.69) is 4.98 Å². The summed E-state index contributed by atoms with van der Waals surface area (Å²) in [6.07, 6.45) is 1.44. The maximum absolute atomic E-state index is 10.8. The average molecular weight is 211 g/mol. The molecule has 16 heavy (non-hydrogen) atoms. The van der Waals surface area contributed by atoms with Gasteiger partial charge in [-0.3, -0.25) is 4.98 Å². The van der Waals surface area contributed by atoms with Crippen LogP contribution in [0.3, 0.4) is 0 Å². The summed E-state index contributed by atoms with van der Waals surface area (Å²) in [6, 6.07) is 3.14. The average Bonchev–Trinajstić information content (AvgIpc) is 2.60. The van der Waals surface area contributed by atoms with Gasteiger partial charge in [0.1, 0.15) is 11.3 Å². The monoisotopic (exact) mass is 211 g/mol. The van der Waals surface area contributed by atoms with Crippen molar-refractivity contribution in [3.05, 3.63) is 29.7 Å². The summed E-state index contributed by atoms with van der Waals surface area (Å²) in [6.45, 7) is 3.94. The molecule has 0 amide bonds. The molecule has 0 spiro atoms. The van der Waals surface area contributed by atoms with Crippen LogP contribution in [0.4, 0.5) is 0 Å². The Morgan fingerprint density at radius 3 is 2.75 bits per heavy atom. The Labute approximate surface area is 105 Å². The summed E-state index contributed by atoms with van der Waals surface area (Å²) in [5.41, 5.74) is 0.897. The number of aromatic carboxylic acids is 1. The molecular formula is C11H10LiNO3.